The fraction of sp³-hybridized carbons (Fsp3) is 0.368. The molecule has 2 aromatic rings. The van der Waals surface area contributed by atoms with Gasteiger partial charge in [-0.1, -0.05) is 24.3 Å². The molecule has 0 aliphatic rings. The Morgan fingerprint density at radius 2 is 1.75 bits per heavy atom. The van der Waals surface area contributed by atoms with E-state index in [4.69, 9.17) is 9.47 Å². The third kappa shape index (κ3) is 4.63. The molecule has 3 N–H and O–H groups in total. The largest absolute Gasteiger partial charge is 0.508 e. The summed E-state index contributed by atoms with van der Waals surface area (Å²) >= 11 is 0. The molecule has 0 fully saturated rings. The molecule has 2 atom stereocenters. The molecule has 0 amide bonds. The first-order chi connectivity index (χ1) is 11.5. The van der Waals surface area contributed by atoms with Crippen molar-refractivity contribution in [3.05, 3.63) is 53.6 Å². The van der Waals surface area contributed by atoms with Gasteiger partial charge in [-0.25, -0.2) is 0 Å². The number of ether oxygens (including phenoxy) is 2. The Morgan fingerprint density at radius 3 is 2.42 bits per heavy atom. The molecule has 0 bridgehead atoms. The second kappa shape index (κ2) is 8.57. The second-order valence-corrected chi connectivity index (χ2v) is 5.78. The predicted molar refractivity (Wildman–Crippen MR) is 93.8 cm³/mol. The van der Waals surface area contributed by atoms with E-state index >= 15 is 0 Å². The summed E-state index contributed by atoms with van der Waals surface area (Å²) in [6, 6.07) is 12.8. The van der Waals surface area contributed by atoms with Crippen molar-refractivity contribution >= 4 is 0 Å². The number of aromatic hydroxyl groups is 1. The van der Waals surface area contributed by atoms with Gasteiger partial charge in [-0.05, 0) is 37.1 Å². The van der Waals surface area contributed by atoms with Crippen LogP contribution in [0.2, 0.25) is 0 Å². The van der Waals surface area contributed by atoms with Crippen LogP contribution in [0.25, 0.3) is 0 Å². The Morgan fingerprint density at radius 1 is 1.04 bits per heavy atom. The molecule has 0 aliphatic heterocycles. The summed E-state index contributed by atoms with van der Waals surface area (Å²) in [7, 11) is 3.23. The quantitative estimate of drug-likeness (QED) is 0.694. The Hall–Kier alpha value is -2.24. The van der Waals surface area contributed by atoms with Crippen LogP contribution >= 0.6 is 0 Å². The van der Waals surface area contributed by atoms with Gasteiger partial charge in [-0.15, -0.1) is 0 Å². The number of para-hydroxylation sites is 1. The minimum atomic E-state index is -0.751. The van der Waals surface area contributed by atoms with E-state index < -0.39 is 6.10 Å². The van der Waals surface area contributed by atoms with Gasteiger partial charge in [0.15, 0.2) is 11.5 Å². The van der Waals surface area contributed by atoms with Crippen molar-refractivity contribution in [2.75, 3.05) is 20.8 Å². The van der Waals surface area contributed by atoms with Gasteiger partial charge in [-0.3, -0.25) is 0 Å². The number of methoxy groups -OCH3 is 2. The zero-order chi connectivity index (χ0) is 17.5. The molecular weight excluding hydrogens is 306 g/mol. The minimum Gasteiger partial charge on any atom is -0.508 e. The standard InChI is InChI=1S/C19H25NO4/c1-13(10-14-8-9-18(23-2)19(11-14)24-3)20-12-17(22)15-6-4-5-7-16(15)21/h4-9,11,13,17,20-22H,10,12H2,1-3H3/t13-,17+/m1/s1. The molecule has 24 heavy (non-hydrogen) atoms. The number of nitrogens with one attached hydrogen (secondary N) is 1. The van der Waals surface area contributed by atoms with Crippen LogP contribution in [0.4, 0.5) is 0 Å². The van der Waals surface area contributed by atoms with E-state index in [9.17, 15) is 10.2 Å². The van der Waals surface area contributed by atoms with Crippen LogP contribution in [-0.4, -0.2) is 37.0 Å². The highest BCUT2D eigenvalue weighted by atomic mass is 16.5. The van der Waals surface area contributed by atoms with Crippen molar-refractivity contribution in [3.8, 4) is 17.2 Å². The van der Waals surface area contributed by atoms with Crippen LogP contribution in [0.3, 0.4) is 0 Å². The van der Waals surface area contributed by atoms with Crippen LogP contribution in [0.15, 0.2) is 42.5 Å². The zero-order valence-corrected chi connectivity index (χ0v) is 14.3. The third-order valence-corrected chi connectivity index (χ3v) is 3.95. The highest BCUT2D eigenvalue weighted by Crippen LogP contribution is 2.28. The number of hydrogen-bond donors (Lipinski definition) is 3. The molecule has 5 heteroatoms. The second-order valence-electron chi connectivity index (χ2n) is 5.78. The molecule has 130 valence electrons. The lowest BCUT2D eigenvalue weighted by molar-refractivity contribution is 0.167. The van der Waals surface area contributed by atoms with E-state index in [1.165, 1.54) is 0 Å². The van der Waals surface area contributed by atoms with Gasteiger partial charge >= 0.3 is 0 Å². The molecule has 0 radical (unpaired) electrons. The lowest BCUT2D eigenvalue weighted by Gasteiger charge is -2.18. The monoisotopic (exact) mass is 331 g/mol. The summed E-state index contributed by atoms with van der Waals surface area (Å²) in [4.78, 5) is 0. The van der Waals surface area contributed by atoms with E-state index in [1.807, 2.05) is 25.1 Å². The van der Waals surface area contributed by atoms with Gasteiger partial charge in [0, 0.05) is 18.2 Å². The average molecular weight is 331 g/mol. The number of phenols is 1. The maximum Gasteiger partial charge on any atom is 0.160 e. The predicted octanol–water partition coefficient (Wildman–Crippen LogP) is 2.66. The summed E-state index contributed by atoms with van der Waals surface area (Å²) < 4.78 is 10.6. The maximum absolute atomic E-state index is 10.2. The van der Waals surface area contributed by atoms with E-state index in [-0.39, 0.29) is 11.8 Å². The van der Waals surface area contributed by atoms with Crippen molar-refractivity contribution in [1.29, 1.82) is 0 Å². The highest BCUT2D eigenvalue weighted by Gasteiger charge is 2.13. The van der Waals surface area contributed by atoms with Gasteiger partial charge in [-0.2, -0.15) is 0 Å². The van der Waals surface area contributed by atoms with Gasteiger partial charge in [0.2, 0.25) is 0 Å². The lowest BCUT2D eigenvalue weighted by Crippen LogP contribution is -2.32. The van der Waals surface area contributed by atoms with Gasteiger partial charge in [0.25, 0.3) is 0 Å². The van der Waals surface area contributed by atoms with Crippen LogP contribution in [0.1, 0.15) is 24.2 Å². The molecule has 0 saturated heterocycles. The Bertz CT molecular complexity index is 660. The van der Waals surface area contributed by atoms with Crippen molar-refractivity contribution in [3.63, 3.8) is 0 Å². The fourth-order valence-electron chi connectivity index (χ4n) is 2.63. The number of aliphatic hydroxyl groups is 1. The number of rotatable bonds is 8. The van der Waals surface area contributed by atoms with Crippen molar-refractivity contribution in [1.82, 2.24) is 5.32 Å². The molecule has 2 aromatic carbocycles. The first-order valence-electron chi connectivity index (χ1n) is 7.95. The van der Waals surface area contributed by atoms with E-state index in [2.05, 4.69) is 5.32 Å². The van der Waals surface area contributed by atoms with Crippen LogP contribution in [0, 0.1) is 0 Å². The van der Waals surface area contributed by atoms with Gasteiger partial charge < -0.3 is 25.0 Å². The molecule has 0 saturated carbocycles. The Labute approximate surface area is 142 Å². The van der Waals surface area contributed by atoms with Crippen molar-refractivity contribution in [2.45, 2.75) is 25.5 Å². The van der Waals surface area contributed by atoms with Gasteiger partial charge in [0.05, 0.1) is 20.3 Å². The summed E-state index contributed by atoms with van der Waals surface area (Å²) in [6.45, 7) is 2.42. The summed E-state index contributed by atoms with van der Waals surface area (Å²) in [5.74, 6) is 1.52. The normalized spacial score (nSPS) is 13.3. The molecular formula is C19H25NO4. The molecule has 0 unspecified atom stereocenters. The molecule has 0 aromatic heterocycles. The topological polar surface area (TPSA) is 71.0 Å². The lowest BCUT2D eigenvalue weighted by atomic mass is 10.0. The van der Waals surface area contributed by atoms with E-state index in [0.29, 0.717) is 23.6 Å². The third-order valence-electron chi connectivity index (χ3n) is 3.95. The Balaban J connectivity index is 1.91. The van der Waals surface area contributed by atoms with Crippen molar-refractivity contribution < 1.29 is 19.7 Å². The number of aliphatic hydroxyl groups excluding tert-OH is 1. The summed E-state index contributed by atoms with van der Waals surface area (Å²) in [6.07, 6.45) is 0.0347. The maximum atomic E-state index is 10.2. The molecule has 0 heterocycles. The molecule has 0 aliphatic carbocycles. The first kappa shape index (κ1) is 18.1. The van der Waals surface area contributed by atoms with Crippen LogP contribution < -0.4 is 14.8 Å². The molecule has 2 rings (SSSR count). The molecule has 0 spiro atoms. The number of phenolic OH excluding ortho intramolecular Hbond substituents is 1. The summed E-state index contributed by atoms with van der Waals surface area (Å²) in [5, 5.41) is 23.3. The van der Waals surface area contributed by atoms with Crippen LogP contribution in [0.5, 0.6) is 17.2 Å². The smallest absolute Gasteiger partial charge is 0.160 e. The number of benzene rings is 2. The zero-order valence-electron chi connectivity index (χ0n) is 14.3. The Kier molecular flexibility index (Phi) is 6.46. The van der Waals surface area contributed by atoms with Gasteiger partial charge in [0.1, 0.15) is 5.75 Å². The van der Waals surface area contributed by atoms with E-state index in [1.54, 1.807) is 38.5 Å². The first-order valence-corrected chi connectivity index (χ1v) is 7.95. The molecule has 5 nitrogen and oxygen atoms in total. The highest BCUT2D eigenvalue weighted by molar-refractivity contribution is 5.43. The summed E-state index contributed by atoms with van der Waals surface area (Å²) in [5.41, 5.74) is 1.65. The fourth-order valence-corrected chi connectivity index (χ4v) is 2.63. The van der Waals surface area contributed by atoms with Crippen molar-refractivity contribution in [2.24, 2.45) is 0 Å². The van der Waals surface area contributed by atoms with Crippen LogP contribution in [-0.2, 0) is 6.42 Å². The average Bonchev–Trinajstić information content (AvgIpc) is 2.60. The SMILES string of the molecule is COc1ccc(C[C@@H](C)NC[C@H](O)c2ccccc2O)cc1OC. The number of hydrogen-bond acceptors (Lipinski definition) is 5. The van der Waals surface area contributed by atoms with E-state index in [0.717, 1.165) is 12.0 Å². The minimum absolute atomic E-state index is 0.111.